The maximum Gasteiger partial charge on any atom is 0.353 e. The summed E-state index contributed by atoms with van der Waals surface area (Å²) in [5.41, 5.74) is 7.91. The molecule has 0 radical (unpaired) electrons. The van der Waals surface area contributed by atoms with Crippen LogP contribution < -0.4 is 0 Å². The first-order valence-corrected chi connectivity index (χ1v) is 21.2. The zero-order chi connectivity index (χ0) is 28.5. The van der Waals surface area contributed by atoms with Crippen LogP contribution >= 0.6 is 0 Å². The molecule has 0 aromatic rings. The highest BCUT2D eigenvalue weighted by Gasteiger charge is 2.71. The minimum absolute atomic E-state index is 0.284. The van der Waals surface area contributed by atoms with Crippen LogP contribution in [0.4, 0.5) is 0 Å². The zero-order valence-electron chi connectivity index (χ0n) is 25.6. The third-order valence-corrected chi connectivity index (χ3v) is 30.4. The molecule has 0 aromatic heterocycles. The molecule has 0 amide bonds. The van der Waals surface area contributed by atoms with Crippen LogP contribution in [-0.4, -0.2) is 34.2 Å². The largest absolute Gasteiger partial charge is 0.409 e. The summed E-state index contributed by atoms with van der Waals surface area (Å²) in [6.45, 7) is 44.0. The van der Waals surface area contributed by atoms with E-state index < -0.39 is 34.2 Å². The van der Waals surface area contributed by atoms with E-state index in [2.05, 4.69) is 109 Å². The number of rotatable bonds is 12. The summed E-state index contributed by atoms with van der Waals surface area (Å²) < 4.78 is 30.2. The lowest BCUT2D eigenvalue weighted by atomic mass is 10.1. The van der Waals surface area contributed by atoms with E-state index in [1.54, 1.807) is 0 Å². The van der Waals surface area contributed by atoms with Crippen molar-refractivity contribution in [3.05, 3.63) is 49.1 Å². The summed E-state index contributed by atoms with van der Waals surface area (Å²) in [6, 6.07) is 0. The van der Waals surface area contributed by atoms with Crippen LogP contribution in [0.5, 0.6) is 0 Å². The Morgan fingerprint density at radius 3 is 0.639 bits per heavy atom. The van der Waals surface area contributed by atoms with E-state index >= 15 is 0 Å². The maximum absolute atomic E-state index is 7.56. The fraction of sp³-hybridized carbons (Fsp3) is 0.714. The van der Waals surface area contributed by atoms with Crippen LogP contribution in [0, 0.1) is 0 Å². The Morgan fingerprint density at radius 2 is 0.556 bits per heavy atom. The van der Waals surface area contributed by atoms with Crippen LogP contribution in [-0.2, 0) is 16.5 Å². The van der Waals surface area contributed by atoms with E-state index in [4.69, 9.17) is 16.5 Å². The Bertz CT molecular complexity index is 687. The molecule has 0 unspecified atom stereocenters. The molecule has 1 saturated heterocycles. The standard InChI is InChI=1S/C28H56O4Si4/c1-17-25(9,10)33(21-5)29-34(22-6,26(11,12)18-2)31-36(24-8,28(15,16)20-4)32-35(23-7,30-33)27(13,14)19-3/h21-24H,5-8,17-20H2,1-4,9-16H3. The molecule has 1 aliphatic heterocycles. The molecule has 8 heteroatoms. The molecule has 0 N–H and O–H groups in total. The summed E-state index contributed by atoms with van der Waals surface area (Å²) in [5.74, 6) is 0. The predicted molar refractivity (Wildman–Crippen MR) is 165 cm³/mol. The van der Waals surface area contributed by atoms with Gasteiger partial charge >= 0.3 is 34.2 Å². The average molecular weight is 569 g/mol. The average Bonchev–Trinajstić information content (AvgIpc) is 2.84. The third-order valence-electron chi connectivity index (χ3n) is 9.60. The van der Waals surface area contributed by atoms with Gasteiger partial charge in [0.1, 0.15) is 0 Å². The fourth-order valence-electron chi connectivity index (χ4n) is 4.51. The summed E-state index contributed by atoms with van der Waals surface area (Å²) >= 11 is 0. The minimum Gasteiger partial charge on any atom is -0.409 e. The first-order valence-electron chi connectivity index (χ1n) is 13.7. The van der Waals surface area contributed by atoms with Gasteiger partial charge in [0, 0.05) is 20.2 Å². The SMILES string of the molecule is C=C[Si]1(C(C)(C)CC)O[Si](C=C)(C(C)(C)CC)O[Si](C=C)(C(C)(C)CC)O[Si](C=C)(C(C)(C)CC)O1. The van der Waals surface area contributed by atoms with Gasteiger partial charge in [-0.25, -0.2) is 0 Å². The van der Waals surface area contributed by atoms with Crippen LogP contribution in [0.15, 0.2) is 49.1 Å². The summed E-state index contributed by atoms with van der Waals surface area (Å²) in [5, 5.41) is -1.14. The van der Waals surface area contributed by atoms with Gasteiger partial charge in [0.2, 0.25) is 0 Å². The molecule has 208 valence electrons. The molecule has 0 spiro atoms. The van der Waals surface area contributed by atoms with E-state index in [-0.39, 0.29) is 20.2 Å². The van der Waals surface area contributed by atoms with Gasteiger partial charge in [-0.2, -0.15) is 0 Å². The lowest BCUT2D eigenvalue weighted by Gasteiger charge is -2.61. The van der Waals surface area contributed by atoms with Crippen molar-refractivity contribution in [3.63, 3.8) is 0 Å². The molecule has 1 rings (SSSR count). The van der Waals surface area contributed by atoms with Crippen LogP contribution in [0.2, 0.25) is 20.2 Å². The van der Waals surface area contributed by atoms with E-state index in [9.17, 15) is 0 Å². The normalized spacial score (nSPS) is 32.8. The maximum atomic E-state index is 7.56. The van der Waals surface area contributed by atoms with E-state index in [0.717, 1.165) is 25.7 Å². The van der Waals surface area contributed by atoms with Gasteiger partial charge in [0.15, 0.2) is 0 Å². The summed E-state index contributed by atoms with van der Waals surface area (Å²) in [6.07, 6.45) is 3.49. The Kier molecular flexibility index (Phi) is 10.3. The Hall–Kier alpha value is -0.332. The van der Waals surface area contributed by atoms with Crippen LogP contribution in [0.1, 0.15) is 109 Å². The monoisotopic (exact) mass is 568 g/mol. The highest BCUT2D eigenvalue weighted by Crippen LogP contribution is 2.59. The highest BCUT2D eigenvalue weighted by molar-refractivity contribution is 7.02. The van der Waals surface area contributed by atoms with E-state index in [1.807, 2.05) is 22.8 Å². The first-order chi connectivity index (χ1) is 16.3. The van der Waals surface area contributed by atoms with E-state index in [0.29, 0.717) is 0 Å². The Labute approximate surface area is 228 Å². The second kappa shape index (κ2) is 11.0. The minimum atomic E-state index is -3.19. The number of hydrogen-bond acceptors (Lipinski definition) is 4. The molecule has 36 heavy (non-hydrogen) atoms. The van der Waals surface area contributed by atoms with Gasteiger partial charge in [0.05, 0.1) is 0 Å². The van der Waals surface area contributed by atoms with Crippen LogP contribution in [0.25, 0.3) is 0 Å². The van der Waals surface area contributed by atoms with Crippen molar-refractivity contribution in [2.75, 3.05) is 0 Å². The lowest BCUT2D eigenvalue weighted by Crippen LogP contribution is -2.76. The molecular formula is C28H56O4Si4. The van der Waals surface area contributed by atoms with Gasteiger partial charge in [-0.3, -0.25) is 0 Å². The molecule has 0 aromatic carbocycles. The van der Waals surface area contributed by atoms with Crippen molar-refractivity contribution in [3.8, 4) is 0 Å². The Morgan fingerprint density at radius 1 is 0.417 bits per heavy atom. The highest BCUT2D eigenvalue weighted by atomic mass is 28.5. The van der Waals surface area contributed by atoms with Gasteiger partial charge in [0.25, 0.3) is 0 Å². The molecule has 1 aliphatic rings. The fourth-order valence-corrected chi connectivity index (χ4v) is 29.6. The smallest absolute Gasteiger partial charge is 0.353 e. The zero-order valence-corrected chi connectivity index (χ0v) is 29.6. The third kappa shape index (κ3) is 5.13. The van der Waals surface area contributed by atoms with E-state index in [1.165, 1.54) is 0 Å². The molecular weight excluding hydrogens is 513 g/mol. The van der Waals surface area contributed by atoms with Gasteiger partial charge in [-0.15, -0.1) is 26.3 Å². The van der Waals surface area contributed by atoms with Gasteiger partial charge < -0.3 is 16.5 Å². The summed E-state index contributed by atoms with van der Waals surface area (Å²) in [4.78, 5) is 0. The number of hydrogen-bond donors (Lipinski definition) is 0. The molecule has 1 heterocycles. The molecule has 0 aliphatic carbocycles. The van der Waals surface area contributed by atoms with Crippen LogP contribution in [0.3, 0.4) is 0 Å². The van der Waals surface area contributed by atoms with Crippen molar-refractivity contribution < 1.29 is 16.5 Å². The molecule has 0 atom stereocenters. The quantitative estimate of drug-likeness (QED) is 0.220. The van der Waals surface area contributed by atoms with Gasteiger partial charge in [-0.1, -0.05) is 106 Å². The first kappa shape index (κ1) is 33.7. The van der Waals surface area contributed by atoms with Crippen molar-refractivity contribution in [1.29, 1.82) is 0 Å². The Balaban J connectivity index is 4.37. The second-order valence-corrected chi connectivity index (χ2v) is 28.5. The van der Waals surface area contributed by atoms with Crippen molar-refractivity contribution in [1.82, 2.24) is 0 Å². The summed E-state index contributed by atoms with van der Waals surface area (Å²) in [7, 11) is -12.8. The molecule has 0 saturated carbocycles. The molecule has 1 fully saturated rings. The van der Waals surface area contributed by atoms with Crippen molar-refractivity contribution in [2.45, 2.75) is 129 Å². The van der Waals surface area contributed by atoms with Crippen molar-refractivity contribution >= 4 is 34.2 Å². The second-order valence-electron chi connectivity index (χ2n) is 12.8. The molecule has 4 nitrogen and oxygen atoms in total. The molecule has 0 bridgehead atoms. The van der Waals surface area contributed by atoms with Gasteiger partial charge in [-0.05, 0) is 25.7 Å². The topological polar surface area (TPSA) is 36.9 Å². The van der Waals surface area contributed by atoms with Crippen molar-refractivity contribution in [2.24, 2.45) is 0 Å². The predicted octanol–water partition coefficient (Wildman–Crippen LogP) is 9.50. The lowest BCUT2D eigenvalue weighted by molar-refractivity contribution is 0.175.